The third kappa shape index (κ3) is 2.75. The highest BCUT2D eigenvalue weighted by atomic mass is 16.6. The van der Waals surface area contributed by atoms with Crippen molar-refractivity contribution in [1.82, 2.24) is 14.5 Å². The van der Waals surface area contributed by atoms with Gasteiger partial charge < -0.3 is 24.0 Å². The van der Waals surface area contributed by atoms with Crippen molar-refractivity contribution in [1.29, 1.82) is 0 Å². The lowest BCUT2D eigenvalue weighted by atomic mass is 10.1. The van der Waals surface area contributed by atoms with Crippen molar-refractivity contribution >= 4 is 0 Å². The van der Waals surface area contributed by atoms with Gasteiger partial charge in [0.2, 0.25) is 0 Å². The fraction of sp³-hybridized carbons (Fsp3) is 0.500. The Kier molecular flexibility index (Phi) is 4.14. The molecule has 0 saturated carbocycles. The van der Waals surface area contributed by atoms with E-state index in [-0.39, 0.29) is 18.2 Å². The number of benzene rings is 1. The topological polar surface area (TPSA) is 59.8 Å². The van der Waals surface area contributed by atoms with Gasteiger partial charge in [0.15, 0.2) is 0 Å². The number of hydrogen-bond acceptors (Lipinski definition) is 5. The molecule has 24 heavy (non-hydrogen) atoms. The van der Waals surface area contributed by atoms with Gasteiger partial charge in [-0.05, 0) is 25.7 Å². The van der Waals surface area contributed by atoms with Crippen molar-refractivity contribution in [3.8, 4) is 11.4 Å². The molecule has 0 unspecified atom stereocenters. The van der Waals surface area contributed by atoms with Crippen LogP contribution in [0, 0.1) is 0 Å². The Morgan fingerprint density at radius 3 is 2.92 bits per heavy atom. The standard InChI is InChI=1S/C18H23N3O3/c1-20(2)9-12-4-3-5-13(8-12)18-19-6-7-21(18)14-10-23-17-15(22)11-24-16(14)17/h3-8,14-17,22H,9-11H2,1-2H3/t14-,15-,16-,17-/m1/s1. The van der Waals surface area contributed by atoms with Gasteiger partial charge >= 0.3 is 0 Å². The van der Waals surface area contributed by atoms with Gasteiger partial charge in [-0.15, -0.1) is 0 Å². The summed E-state index contributed by atoms with van der Waals surface area (Å²) in [5.41, 5.74) is 2.33. The number of aliphatic hydroxyl groups excluding tert-OH is 1. The predicted octanol–water partition coefficient (Wildman–Crippen LogP) is 1.31. The van der Waals surface area contributed by atoms with E-state index in [1.807, 2.05) is 12.4 Å². The zero-order chi connectivity index (χ0) is 16.7. The summed E-state index contributed by atoms with van der Waals surface area (Å²) < 4.78 is 13.6. The van der Waals surface area contributed by atoms with E-state index in [9.17, 15) is 5.11 Å². The lowest BCUT2D eigenvalue weighted by molar-refractivity contribution is 0.0172. The second-order valence-corrected chi connectivity index (χ2v) is 6.83. The van der Waals surface area contributed by atoms with E-state index in [1.165, 1.54) is 5.56 Å². The Labute approximate surface area is 141 Å². The summed E-state index contributed by atoms with van der Waals surface area (Å²) in [6.07, 6.45) is 2.91. The van der Waals surface area contributed by atoms with Crippen LogP contribution in [0.1, 0.15) is 11.6 Å². The fourth-order valence-corrected chi connectivity index (χ4v) is 3.68. The van der Waals surface area contributed by atoms with Crippen molar-refractivity contribution in [3.05, 3.63) is 42.2 Å². The SMILES string of the molecule is CN(C)Cc1cccc(-c2nccn2[C@@H]2CO[C@H]3[C@@H]2OC[C@H]3O)c1. The quantitative estimate of drug-likeness (QED) is 0.916. The normalized spacial score (nSPS) is 29.3. The van der Waals surface area contributed by atoms with Crippen molar-refractivity contribution in [2.75, 3.05) is 27.3 Å². The zero-order valence-electron chi connectivity index (χ0n) is 14.0. The maximum absolute atomic E-state index is 9.94. The number of rotatable bonds is 4. The first-order valence-corrected chi connectivity index (χ1v) is 8.31. The summed E-state index contributed by atoms with van der Waals surface area (Å²) >= 11 is 0. The minimum absolute atomic E-state index is 0.0437. The van der Waals surface area contributed by atoms with E-state index in [2.05, 4.69) is 52.8 Å². The van der Waals surface area contributed by atoms with E-state index in [1.54, 1.807) is 0 Å². The first-order valence-electron chi connectivity index (χ1n) is 8.31. The second kappa shape index (κ2) is 6.29. The van der Waals surface area contributed by atoms with Crippen molar-refractivity contribution < 1.29 is 14.6 Å². The molecular weight excluding hydrogens is 306 g/mol. The van der Waals surface area contributed by atoms with Crippen LogP contribution in [0.15, 0.2) is 36.7 Å². The van der Waals surface area contributed by atoms with Crippen molar-refractivity contribution in [2.45, 2.75) is 30.9 Å². The van der Waals surface area contributed by atoms with Crippen LogP contribution in [0.25, 0.3) is 11.4 Å². The number of aromatic nitrogens is 2. The summed E-state index contributed by atoms with van der Waals surface area (Å²) in [6, 6.07) is 8.49. The molecule has 0 radical (unpaired) electrons. The number of fused-ring (bicyclic) bond motifs is 1. The number of aliphatic hydroxyl groups is 1. The minimum Gasteiger partial charge on any atom is -0.388 e. The molecule has 0 spiro atoms. The molecule has 2 aromatic rings. The molecule has 1 N–H and O–H groups in total. The van der Waals surface area contributed by atoms with E-state index in [4.69, 9.17) is 9.47 Å². The van der Waals surface area contributed by atoms with Gasteiger partial charge in [-0.25, -0.2) is 4.98 Å². The van der Waals surface area contributed by atoms with Gasteiger partial charge in [0.1, 0.15) is 24.1 Å². The van der Waals surface area contributed by atoms with Crippen LogP contribution in [-0.2, 0) is 16.0 Å². The molecule has 0 aliphatic carbocycles. The van der Waals surface area contributed by atoms with E-state index >= 15 is 0 Å². The monoisotopic (exact) mass is 329 g/mol. The summed E-state index contributed by atoms with van der Waals surface area (Å²) in [5, 5.41) is 9.94. The van der Waals surface area contributed by atoms with Gasteiger partial charge in [-0.3, -0.25) is 0 Å². The lowest BCUT2D eigenvalue weighted by Gasteiger charge is -2.20. The van der Waals surface area contributed by atoms with Crippen LogP contribution >= 0.6 is 0 Å². The number of nitrogens with zero attached hydrogens (tertiary/aromatic N) is 3. The van der Waals surface area contributed by atoms with Gasteiger partial charge in [0, 0.05) is 24.5 Å². The highest BCUT2D eigenvalue weighted by Gasteiger charge is 2.48. The third-order valence-electron chi connectivity index (χ3n) is 4.71. The van der Waals surface area contributed by atoms with Crippen LogP contribution in [-0.4, -0.2) is 65.2 Å². The highest BCUT2D eigenvalue weighted by Crippen LogP contribution is 2.36. The lowest BCUT2D eigenvalue weighted by Crippen LogP contribution is -2.30. The maximum Gasteiger partial charge on any atom is 0.140 e. The Hall–Kier alpha value is -1.73. The van der Waals surface area contributed by atoms with Gasteiger partial charge in [0.05, 0.1) is 19.3 Å². The molecule has 6 nitrogen and oxygen atoms in total. The largest absolute Gasteiger partial charge is 0.388 e. The van der Waals surface area contributed by atoms with Crippen LogP contribution in [0.2, 0.25) is 0 Å². The summed E-state index contributed by atoms with van der Waals surface area (Å²) in [5.74, 6) is 0.912. The molecule has 128 valence electrons. The maximum atomic E-state index is 9.94. The molecule has 3 heterocycles. The van der Waals surface area contributed by atoms with Gasteiger partial charge in [-0.2, -0.15) is 0 Å². The van der Waals surface area contributed by atoms with E-state index < -0.39 is 6.10 Å². The first-order chi connectivity index (χ1) is 11.6. The van der Waals surface area contributed by atoms with Gasteiger partial charge in [-0.1, -0.05) is 18.2 Å². The molecule has 2 aliphatic rings. The van der Waals surface area contributed by atoms with E-state index in [0.29, 0.717) is 13.2 Å². The Morgan fingerprint density at radius 1 is 1.25 bits per heavy atom. The summed E-state index contributed by atoms with van der Waals surface area (Å²) in [4.78, 5) is 6.71. The Bertz CT molecular complexity index is 715. The number of imidazole rings is 1. The first kappa shape index (κ1) is 15.8. The molecule has 4 rings (SSSR count). The Morgan fingerprint density at radius 2 is 2.08 bits per heavy atom. The van der Waals surface area contributed by atoms with Crippen molar-refractivity contribution in [2.24, 2.45) is 0 Å². The van der Waals surface area contributed by atoms with Crippen LogP contribution in [0.4, 0.5) is 0 Å². The van der Waals surface area contributed by atoms with Crippen LogP contribution < -0.4 is 0 Å². The minimum atomic E-state index is -0.532. The Balaban J connectivity index is 1.64. The third-order valence-corrected chi connectivity index (χ3v) is 4.71. The molecule has 6 heteroatoms. The number of hydrogen-bond donors (Lipinski definition) is 1. The molecular formula is C18H23N3O3. The molecule has 2 aliphatic heterocycles. The summed E-state index contributed by atoms with van der Waals surface area (Å²) in [6.45, 7) is 1.77. The molecule has 4 atom stereocenters. The van der Waals surface area contributed by atoms with Crippen LogP contribution in [0.5, 0.6) is 0 Å². The summed E-state index contributed by atoms with van der Waals surface area (Å²) in [7, 11) is 4.12. The second-order valence-electron chi connectivity index (χ2n) is 6.83. The average Bonchev–Trinajstić information content (AvgIpc) is 3.24. The molecule has 1 aromatic carbocycles. The van der Waals surface area contributed by atoms with Crippen molar-refractivity contribution in [3.63, 3.8) is 0 Å². The predicted molar refractivity (Wildman–Crippen MR) is 89.6 cm³/mol. The van der Waals surface area contributed by atoms with Gasteiger partial charge in [0.25, 0.3) is 0 Å². The molecule has 0 amide bonds. The molecule has 0 bridgehead atoms. The number of ether oxygens (including phenoxy) is 2. The smallest absolute Gasteiger partial charge is 0.140 e. The zero-order valence-corrected chi connectivity index (χ0v) is 14.0. The van der Waals surface area contributed by atoms with E-state index in [0.717, 1.165) is 17.9 Å². The molecule has 1 aromatic heterocycles. The molecule has 2 fully saturated rings. The highest BCUT2D eigenvalue weighted by molar-refractivity contribution is 5.57. The average molecular weight is 329 g/mol. The van der Waals surface area contributed by atoms with Crippen LogP contribution in [0.3, 0.4) is 0 Å². The fourth-order valence-electron chi connectivity index (χ4n) is 3.68. The molecule has 2 saturated heterocycles.